The molecule has 1 atom stereocenters. The largest absolute Gasteiger partial charge is 0.506 e. The number of allylic oxidation sites excluding steroid dienone is 1. The molecule has 4 heteroatoms. The Morgan fingerprint density at radius 2 is 2.33 bits per heavy atom. The van der Waals surface area contributed by atoms with Crippen molar-refractivity contribution in [2.75, 3.05) is 0 Å². The average Bonchev–Trinajstić information content (AvgIpc) is 2.04. The van der Waals surface area contributed by atoms with Gasteiger partial charge in [-0.05, 0) is 12.5 Å². The molecule has 1 aliphatic rings. The number of aliphatic hydroxyl groups excluding tert-OH is 1. The monoisotopic (exact) mass is 167 g/mol. The van der Waals surface area contributed by atoms with Crippen molar-refractivity contribution in [1.82, 2.24) is 0 Å². The number of carboxylic acid groups (broad SMARTS) is 1. The van der Waals surface area contributed by atoms with Crippen molar-refractivity contribution >= 4 is 11.7 Å². The number of hydrogen-bond donors (Lipinski definition) is 2. The van der Waals surface area contributed by atoms with Gasteiger partial charge in [0.2, 0.25) is 0 Å². The Morgan fingerprint density at radius 1 is 1.67 bits per heavy atom. The highest BCUT2D eigenvalue weighted by Crippen LogP contribution is 2.09. The Morgan fingerprint density at radius 3 is 2.83 bits per heavy atom. The molecule has 1 aliphatic heterocycles. The summed E-state index contributed by atoms with van der Waals surface area (Å²) >= 11 is 0. The first-order valence-electron chi connectivity index (χ1n) is 3.46. The fourth-order valence-electron chi connectivity index (χ4n) is 0.899. The number of dihydropyridines is 1. The lowest BCUT2D eigenvalue weighted by Crippen LogP contribution is -2.21. The molecule has 4 nitrogen and oxygen atoms in total. The number of aliphatic carboxylic acids is 1. The zero-order valence-corrected chi connectivity index (χ0v) is 6.40. The van der Waals surface area contributed by atoms with Crippen LogP contribution in [0.3, 0.4) is 0 Å². The van der Waals surface area contributed by atoms with Crippen LogP contribution < -0.4 is 0 Å². The topological polar surface area (TPSA) is 69.9 Å². The highest BCUT2D eigenvalue weighted by Gasteiger charge is 2.18. The highest BCUT2D eigenvalue weighted by molar-refractivity contribution is 6.07. The Bertz CT molecular complexity index is 278. The zero-order chi connectivity index (χ0) is 9.14. The minimum atomic E-state index is -0.988. The van der Waals surface area contributed by atoms with Gasteiger partial charge in [-0.2, -0.15) is 0 Å². The summed E-state index contributed by atoms with van der Waals surface area (Å²) in [6, 6.07) is -0.783. The molecule has 64 valence electrons. The fourth-order valence-corrected chi connectivity index (χ4v) is 0.899. The van der Waals surface area contributed by atoms with Gasteiger partial charge in [0.1, 0.15) is 5.76 Å². The van der Waals surface area contributed by atoms with Crippen LogP contribution in [0, 0.1) is 0 Å². The van der Waals surface area contributed by atoms with Gasteiger partial charge in [0.05, 0.1) is 5.71 Å². The first-order valence-corrected chi connectivity index (χ1v) is 3.46. The zero-order valence-electron chi connectivity index (χ0n) is 6.40. The van der Waals surface area contributed by atoms with E-state index in [2.05, 4.69) is 11.6 Å². The van der Waals surface area contributed by atoms with Crippen LogP contribution in [0.2, 0.25) is 0 Å². The van der Waals surface area contributed by atoms with E-state index in [-0.39, 0.29) is 11.5 Å². The standard InChI is InChI=1S/C8H9NO3/c1-5(10)6-3-2-4-7(9-6)8(11)12/h2-3,7,10H,1,4H2,(H,11,12)/t7-/m0/s1. The Labute approximate surface area is 69.6 Å². The van der Waals surface area contributed by atoms with Crippen LogP contribution in [-0.2, 0) is 4.79 Å². The lowest BCUT2D eigenvalue weighted by atomic mass is 10.1. The van der Waals surface area contributed by atoms with Crippen LogP contribution >= 0.6 is 0 Å². The Balaban J connectivity index is 2.82. The molecule has 0 saturated carbocycles. The minimum absolute atomic E-state index is 0.197. The molecule has 2 N–H and O–H groups in total. The first kappa shape index (κ1) is 8.52. The molecule has 0 saturated heterocycles. The lowest BCUT2D eigenvalue weighted by Gasteiger charge is -2.10. The number of aliphatic imine (C=N–C) groups is 1. The fraction of sp³-hybridized carbons (Fsp3) is 0.250. The van der Waals surface area contributed by atoms with Gasteiger partial charge in [0.15, 0.2) is 6.04 Å². The van der Waals surface area contributed by atoms with E-state index in [9.17, 15) is 4.79 Å². The van der Waals surface area contributed by atoms with Crippen LogP contribution in [0.4, 0.5) is 0 Å². The summed E-state index contributed by atoms with van der Waals surface area (Å²) in [5.41, 5.74) is 0.244. The summed E-state index contributed by atoms with van der Waals surface area (Å²) in [6.07, 6.45) is 3.58. The van der Waals surface area contributed by atoms with E-state index < -0.39 is 12.0 Å². The quantitative estimate of drug-likeness (QED) is 0.600. The molecule has 0 aromatic carbocycles. The Hall–Kier alpha value is -1.58. The molecule has 0 amide bonds. The van der Waals surface area contributed by atoms with Gasteiger partial charge in [0.25, 0.3) is 0 Å². The van der Waals surface area contributed by atoms with Crippen molar-refractivity contribution < 1.29 is 15.0 Å². The van der Waals surface area contributed by atoms with Gasteiger partial charge in [-0.15, -0.1) is 0 Å². The number of carbonyl (C=O) groups is 1. The summed E-state index contributed by atoms with van der Waals surface area (Å²) in [5.74, 6) is -1.18. The number of carboxylic acids is 1. The molecular formula is C8H9NO3. The first-order chi connectivity index (χ1) is 5.61. The highest BCUT2D eigenvalue weighted by atomic mass is 16.4. The minimum Gasteiger partial charge on any atom is -0.506 e. The van der Waals surface area contributed by atoms with Crippen molar-refractivity contribution in [3.63, 3.8) is 0 Å². The van der Waals surface area contributed by atoms with Gasteiger partial charge in [-0.1, -0.05) is 12.7 Å². The molecule has 0 fully saturated rings. The van der Waals surface area contributed by atoms with E-state index >= 15 is 0 Å². The van der Waals surface area contributed by atoms with Gasteiger partial charge in [-0.25, -0.2) is 4.79 Å². The lowest BCUT2D eigenvalue weighted by molar-refractivity contribution is -0.138. The molecule has 1 heterocycles. The third kappa shape index (κ3) is 1.72. The molecule has 0 bridgehead atoms. The summed E-state index contributed by atoms with van der Waals surface area (Å²) in [7, 11) is 0. The third-order valence-electron chi connectivity index (χ3n) is 1.51. The van der Waals surface area contributed by atoms with Crippen molar-refractivity contribution in [3.05, 3.63) is 24.5 Å². The maximum Gasteiger partial charge on any atom is 0.328 e. The molecule has 1 rings (SSSR count). The van der Waals surface area contributed by atoms with E-state index in [1.165, 1.54) is 0 Å². The van der Waals surface area contributed by atoms with Crippen LogP contribution in [-0.4, -0.2) is 27.9 Å². The van der Waals surface area contributed by atoms with E-state index in [0.29, 0.717) is 6.42 Å². The molecule has 0 spiro atoms. The van der Waals surface area contributed by atoms with Gasteiger partial charge < -0.3 is 10.2 Å². The smallest absolute Gasteiger partial charge is 0.328 e. The molecule has 0 aromatic heterocycles. The summed E-state index contributed by atoms with van der Waals surface area (Å²) in [6.45, 7) is 3.25. The van der Waals surface area contributed by atoms with Crippen molar-refractivity contribution in [3.8, 4) is 0 Å². The normalized spacial score (nSPS) is 21.7. The summed E-state index contributed by atoms with van der Waals surface area (Å²) in [4.78, 5) is 14.2. The van der Waals surface area contributed by atoms with E-state index in [4.69, 9.17) is 10.2 Å². The SMILES string of the molecule is C=C(O)C1=N[C@H](C(=O)O)CC=C1. The van der Waals surface area contributed by atoms with E-state index in [0.717, 1.165) is 0 Å². The maximum atomic E-state index is 10.5. The van der Waals surface area contributed by atoms with Crippen LogP contribution in [0.15, 0.2) is 29.5 Å². The number of aliphatic hydroxyl groups is 1. The summed E-state index contributed by atoms with van der Waals surface area (Å²) < 4.78 is 0. The predicted molar refractivity (Wildman–Crippen MR) is 44.4 cm³/mol. The number of hydrogen-bond acceptors (Lipinski definition) is 3. The predicted octanol–water partition coefficient (Wildman–Crippen LogP) is 0.912. The molecule has 0 aliphatic carbocycles. The molecule has 0 radical (unpaired) electrons. The average molecular weight is 167 g/mol. The van der Waals surface area contributed by atoms with Crippen LogP contribution in [0.1, 0.15) is 6.42 Å². The molecule has 12 heavy (non-hydrogen) atoms. The van der Waals surface area contributed by atoms with Crippen LogP contribution in [0.25, 0.3) is 0 Å². The number of rotatable bonds is 2. The molecule has 0 unspecified atom stereocenters. The second kappa shape index (κ2) is 3.21. The van der Waals surface area contributed by atoms with E-state index in [1.54, 1.807) is 12.2 Å². The Kier molecular flexibility index (Phi) is 2.28. The van der Waals surface area contributed by atoms with Gasteiger partial charge in [-0.3, -0.25) is 4.99 Å². The summed E-state index contributed by atoms with van der Waals surface area (Å²) in [5, 5.41) is 17.5. The van der Waals surface area contributed by atoms with Gasteiger partial charge >= 0.3 is 5.97 Å². The molecule has 0 aromatic rings. The van der Waals surface area contributed by atoms with Crippen molar-refractivity contribution in [2.24, 2.45) is 4.99 Å². The van der Waals surface area contributed by atoms with Gasteiger partial charge in [0, 0.05) is 0 Å². The van der Waals surface area contributed by atoms with Crippen LogP contribution in [0.5, 0.6) is 0 Å². The molecular weight excluding hydrogens is 158 g/mol. The third-order valence-corrected chi connectivity index (χ3v) is 1.51. The second-order valence-electron chi connectivity index (χ2n) is 2.45. The van der Waals surface area contributed by atoms with Crippen molar-refractivity contribution in [1.29, 1.82) is 0 Å². The number of nitrogens with zero attached hydrogens (tertiary/aromatic N) is 1. The van der Waals surface area contributed by atoms with Crippen molar-refractivity contribution in [2.45, 2.75) is 12.5 Å². The second-order valence-corrected chi connectivity index (χ2v) is 2.45. The maximum absolute atomic E-state index is 10.5. The van der Waals surface area contributed by atoms with E-state index in [1.807, 2.05) is 0 Å².